The normalized spacial score (nSPS) is 15.2. The van der Waals surface area contributed by atoms with Gasteiger partial charge in [0.2, 0.25) is 0 Å². The van der Waals surface area contributed by atoms with E-state index in [1.165, 1.54) is 18.2 Å². The fraction of sp³-hybridized carbons (Fsp3) is 0.462. The third-order valence-corrected chi connectivity index (χ3v) is 3.16. The van der Waals surface area contributed by atoms with E-state index in [4.69, 9.17) is 0 Å². The fourth-order valence-electron chi connectivity index (χ4n) is 2.08. The molecule has 0 radical (unpaired) electrons. The molecule has 0 spiro atoms. The highest BCUT2D eigenvalue weighted by atomic mass is 16.3. The van der Waals surface area contributed by atoms with Crippen LogP contribution in [0.1, 0.15) is 23.7 Å². The van der Waals surface area contributed by atoms with Crippen LogP contribution in [-0.4, -0.2) is 46.7 Å². The monoisotopic (exact) mass is 250 g/mol. The number of phenols is 2. The molecule has 98 valence electrons. The van der Waals surface area contributed by atoms with Crippen LogP contribution < -0.4 is 5.32 Å². The van der Waals surface area contributed by atoms with Gasteiger partial charge in [-0.1, -0.05) is 13.0 Å². The Hall–Kier alpha value is -1.75. The van der Waals surface area contributed by atoms with E-state index in [1.807, 2.05) is 6.92 Å². The van der Waals surface area contributed by atoms with E-state index < -0.39 is 0 Å². The first kappa shape index (κ1) is 12.7. The molecule has 1 saturated heterocycles. The van der Waals surface area contributed by atoms with Gasteiger partial charge in [0, 0.05) is 19.6 Å². The summed E-state index contributed by atoms with van der Waals surface area (Å²) in [5.74, 6) is -0.652. The topological polar surface area (TPSA) is 72.8 Å². The molecule has 0 atom stereocenters. The number of rotatable bonds is 4. The van der Waals surface area contributed by atoms with Crippen molar-refractivity contribution in [3.63, 3.8) is 0 Å². The number of hydrogen-bond donors (Lipinski definition) is 3. The minimum atomic E-state index is -0.307. The van der Waals surface area contributed by atoms with Crippen molar-refractivity contribution in [1.29, 1.82) is 0 Å². The molecule has 0 saturated carbocycles. The minimum Gasteiger partial charge on any atom is -0.507 e. The molecule has 3 N–H and O–H groups in total. The Bertz CT molecular complexity index is 424. The number of amides is 1. The molecular weight excluding hydrogens is 232 g/mol. The molecule has 5 heteroatoms. The van der Waals surface area contributed by atoms with Crippen molar-refractivity contribution < 1.29 is 15.0 Å². The predicted molar refractivity (Wildman–Crippen MR) is 67.8 cm³/mol. The van der Waals surface area contributed by atoms with Gasteiger partial charge in [-0.15, -0.1) is 0 Å². The van der Waals surface area contributed by atoms with Crippen molar-refractivity contribution in [3.8, 4) is 11.5 Å². The van der Waals surface area contributed by atoms with E-state index in [2.05, 4.69) is 5.32 Å². The smallest absolute Gasteiger partial charge is 0.261 e. The van der Waals surface area contributed by atoms with Gasteiger partial charge in [-0.05, 0) is 18.6 Å². The van der Waals surface area contributed by atoms with E-state index in [0.29, 0.717) is 6.54 Å². The number of nitrogens with one attached hydrogen (secondary N) is 1. The Labute approximate surface area is 106 Å². The second kappa shape index (κ2) is 5.27. The molecule has 1 aliphatic rings. The summed E-state index contributed by atoms with van der Waals surface area (Å²) in [5.41, 5.74) is -0.00199. The summed E-state index contributed by atoms with van der Waals surface area (Å²) in [5, 5.41) is 22.6. The Morgan fingerprint density at radius 3 is 2.44 bits per heavy atom. The molecular formula is C13H18N2O3. The van der Waals surface area contributed by atoms with Gasteiger partial charge in [-0.25, -0.2) is 0 Å². The zero-order valence-corrected chi connectivity index (χ0v) is 10.4. The molecule has 1 fully saturated rings. The van der Waals surface area contributed by atoms with Crippen molar-refractivity contribution in [2.75, 3.05) is 19.6 Å². The van der Waals surface area contributed by atoms with Crippen LogP contribution in [0.2, 0.25) is 0 Å². The highest BCUT2D eigenvalue weighted by Crippen LogP contribution is 2.28. The lowest BCUT2D eigenvalue weighted by atomic mass is 10.1. The van der Waals surface area contributed by atoms with Crippen LogP contribution in [0.4, 0.5) is 0 Å². The lowest BCUT2D eigenvalue weighted by molar-refractivity contribution is 0.0609. The number of phenolic OH excluding ortho intramolecular Hbond substituents is 2. The summed E-state index contributed by atoms with van der Waals surface area (Å²) in [6.07, 6.45) is 0.844. The van der Waals surface area contributed by atoms with Crippen molar-refractivity contribution >= 4 is 5.91 Å². The molecule has 5 nitrogen and oxygen atoms in total. The first-order valence-corrected chi connectivity index (χ1v) is 6.17. The second-order valence-electron chi connectivity index (χ2n) is 4.48. The van der Waals surface area contributed by atoms with Gasteiger partial charge in [0.15, 0.2) is 0 Å². The first-order chi connectivity index (χ1) is 8.65. The second-order valence-corrected chi connectivity index (χ2v) is 4.48. The molecule has 1 heterocycles. The SMILES string of the molecule is CCCN(C(=O)c1c(O)cccc1O)C1CNC1. The Kier molecular flexibility index (Phi) is 3.72. The van der Waals surface area contributed by atoms with E-state index in [0.717, 1.165) is 19.5 Å². The van der Waals surface area contributed by atoms with Gasteiger partial charge >= 0.3 is 0 Å². The van der Waals surface area contributed by atoms with Crippen LogP contribution in [0, 0.1) is 0 Å². The van der Waals surface area contributed by atoms with Crippen LogP contribution in [0.25, 0.3) is 0 Å². The minimum absolute atomic E-state index is 0.00199. The third-order valence-electron chi connectivity index (χ3n) is 3.16. The maximum absolute atomic E-state index is 12.4. The largest absolute Gasteiger partial charge is 0.507 e. The Morgan fingerprint density at radius 1 is 1.39 bits per heavy atom. The lowest BCUT2D eigenvalue weighted by Crippen LogP contribution is -2.59. The van der Waals surface area contributed by atoms with Crippen LogP contribution in [0.5, 0.6) is 11.5 Å². The number of carbonyl (C=O) groups is 1. The summed E-state index contributed by atoms with van der Waals surface area (Å²) in [7, 11) is 0. The van der Waals surface area contributed by atoms with E-state index in [-0.39, 0.29) is 29.0 Å². The summed E-state index contributed by atoms with van der Waals surface area (Å²) >= 11 is 0. The van der Waals surface area contributed by atoms with Gasteiger partial charge in [-0.3, -0.25) is 4.79 Å². The molecule has 1 aromatic carbocycles. The van der Waals surface area contributed by atoms with Crippen molar-refractivity contribution in [2.24, 2.45) is 0 Å². The fourth-order valence-corrected chi connectivity index (χ4v) is 2.08. The van der Waals surface area contributed by atoms with Crippen molar-refractivity contribution in [1.82, 2.24) is 10.2 Å². The quantitative estimate of drug-likeness (QED) is 0.743. The predicted octanol–water partition coefficient (Wildman–Crippen LogP) is 0.922. The molecule has 1 amide bonds. The molecule has 0 unspecified atom stereocenters. The number of carbonyl (C=O) groups excluding carboxylic acids is 1. The van der Waals surface area contributed by atoms with Crippen LogP contribution in [0.3, 0.4) is 0 Å². The lowest BCUT2D eigenvalue weighted by Gasteiger charge is -2.38. The maximum Gasteiger partial charge on any atom is 0.261 e. The summed E-state index contributed by atoms with van der Waals surface area (Å²) in [6.45, 7) is 4.15. The molecule has 0 aliphatic carbocycles. The highest BCUT2D eigenvalue weighted by Gasteiger charge is 2.31. The summed E-state index contributed by atoms with van der Waals surface area (Å²) in [4.78, 5) is 14.1. The van der Waals surface area contributed by atoms with Crippen LogP contribution in [0.15, 0.2) is 18.2 Å². The van der Waals surface area contributed by atoms with E-state index >= 15 is 0 Å². The van der Waals surface area contributed by atoms with Gasteiger partial charge in [0.05, 0.1) is 6.04 Å². The Balaban J connectivity index is 2.27. The van der Waals surface area contributed by atoms with E-state index in [1.54, 1.807) is 4.90 Å². The summed E-state index contributed by atoms with van der Waals surface area (Å²) in [6, 6.07) is 4.49. The van der Waals surface area contributed by atoms with Gasteiger partial charge < -0.3 is 20.4 Å². The number of benzene rings is 1. The molecule has 18 heavy (non-hydrogen) atoms. The number of nitrogens with zero attached hydrogens (tertiary/aromatic N) is 1. The standard InChI is InChI=1S/C13H18N2O3/c1-2-6-15(9-7-14-8-9)13(18)12-10(16)4-3-5-11(12)17/h3-5,9,14,16-17H,2,6-8H2,1H3. The van der Waals surface area contributed by atoms with E-state index in [9.17, 15) is 15.0 Å². The third kappa shape index (κ3) is 2.26. The summed E-state index contributed by atoms with van der Waals surface area (Å²) < 4.78 is 0. The molecule has 1 aliphatic heterocycles. The highest BCUT2D eigenvalue weighted by molar-refractivity contribution is 5.99. The number of hydrogen-bond acceptors (Lipinski definition) is 4. The molecule has 0 bridgehead atoms. The number of aromatic hydroxyl groups is 2. The zero-order valence-electron chi connectivity index (χ0n) is 10.4. The molecule has 1 aromatic rings. The van der Waals surface area contributed by atoms with Crippen molar-refractivity contribution in [3.05, 3.63) is 23.8 Å². The first-order valence-electron chi connectivity index (χ1n) is 6.17. The van der Waals surface area contributed by atoms with Crippen LogP contribution >= 0.6 is 0 Å². The zero-order chi connectivity index (χ0) is 13.1. The van der Waals surface area contributed by atoms with Crippen molar-refractivity contribution in [2.45, 2.75) is 19.4 Å². The average Bonchev–Trinajstić information content (AvgIpc) is 2.25. The molecule has 2 rings (SSSR count). The van der Waals surface area contributed by atoms with Gasteiger partial charge in [-0.2, -0.15) is 0 Å². The average molecular weight is 250 g/mol. The van der Waals surface area contributed by atoms with Gasteiger partial charge in [0.1, 0.15) is 17.1 Å². The van der Waals surface area contributed by atoms with Gasteiger partial charge in [0.25, 0.3) is 5.91 Å². The maximum atomic E-state index is 12.4. The Morgan fingerprint density at radius 2 is 2.00 bits per heavy atom. The van der Waals surface area contributed by atoms with Crippen LogP contribution in [-0.2, 0) is 0 Å². The molecule has 0 aromatic heterocycles.